The minimum absolute atomic E-state index is 1.06. The van der Waals surface area contributed by atoms with Crippen LogP contribution in [0.25, 0.3) is 0 Å². The molecule has 0 unspecified atom stereocenters. The van der Waals surface area contributed by atoms with Gasteiger partial charge in [0.05, 0.1) is 0 Å². The van der Waals surface area contributed by atoms with Crippen molar-refractivity contribution in [2.45, 2.75) is 53.5 Å². The molecule has 1 saturated heterocycles. The van der Waals surface area contributed by atoms with Crippen LogP contribution in [0.15, 0.2) is 90.7 Å². The minimum atomic E-state index is 1.06. The lowest BCUT2D eigenvalue weighted by Gasteiger charge is -2.34. The molecule has 1 N–H and O–H groups in total. The molecule has 2 aromatic rings. The quantitative estimate of drug-likeness (QED) is 0.467. The van der Waals surface area contributed by atoms with E-state index in [9.17, 15) is 0 Å². The first kappa shape index (κ1) is 34.4. The number of allylic oxidation sites excluding steroid dienone is 5. The lowest BCUT2D eigenvalue weighted by Crippen LogP contribution is -2.43. The average molecular weight is 533 g/mol. The molecule has 5 rings (SSSR count). The zero-order chi connectivity index (χ0) is 28.7. The van der Waals surface area contributed by atoms with Crippen LogP contribution in [0.3, 0.4) is 0 Å². The maximum atomic E-state index is 3.12. The molecule has 2 heterocycles. The van der Waals surface area contributed by atoms with Crippen LogP contribution in [0.1, 0.15) is 50.8 Å². The summed E-state index contributed by atoms with van der Waals surface area (Å²) < 4.78 is 0. The monoisotopic (exact) mass is 532 g/mol. The maximum absolute atomic E-state index is 3.12. The summed E-state index contributed by atoms with van der Waals surface area (Å²) in [6.07, 6.45) is 14.4. The Labute approximate surface area is 241 Å². The lowest BCUT2D eigenvalue weighted by molar-refractivity contribution is 0.190. The highest BCUT2D eigenvalue weighted by atomic mass is 15.2. The molecular formula is C35H56N4. The summed E-state index contributed by atoms with van der Waals surface area (Å²) in [6.45, 7) is 16.0. The zero-order valence-electron chi connectivity index (χ0n) is 26.0. The molecule has 0 saturated carbocycles. The molecular weight excluding hydrogens is 476 g/mol. The molecule has 0 bridgehead atoms. The highest BCUT2D eigenvalue weighted by Crippen LogP contribution is 2.16. The number of hydrogen-bond donors (Lipinski definition) is 1. The largest absolute Gasteiger partial charge is 0.369 e. The van der Waals surface area contributed by atoms with Crippen molar-refractivity contribution in [3.05, 3.63) is 107 Å². The number of fused-ring (bicyclic) bond motifs is 1. The van der Waals surface area contributed by atoms with Crippen LogP contribution < -0.4 is 5.32 Å². The van der Waals surface area contributed by atoms with Crippen molar-refractivity contribution in [1.29, 1.82) is 0 Å². The summed E-state index contributed by atoms with van der Waals surface area (Å²) >= 11 is 0. The van der Waals surface area contributed by atoms with Gasteiger partial charge in [-0.2, -0.15) is 0 Å². The Balaban J connectivity index is 0.000000278. The molecule has 0 amide bonds. The van der Waals surface area contributed by atoms with Gasteiger partial charge in [0.15, 0.2) is 0 Å². The third-order valence-electron chi connectivity index (χ3n) is 6.66. The predicted molar refractivity (Wildman–Crippen MR) is 173 cm³/mol. The van der Waals surface area contributed by atoms with E-state index in [0.29, 0.717) is 0 Å². The van der Waals surface area contributed by atoms with Crippen LogP contribution in [0, 0.1) is 0 Å². The Kier molecular flexibility index (Phi) is 19.6. The van der Waals surface area contributed by atoms with Gasteiger partial charge in [0.1, 0.15) is 0 Å². The molecule has 4 nitrogen and oxygen atoms in total. The predicted octanol–water partition coefficient (Wildman–Crippen LogP) is 6.81. The SMILES string of the molecule is CC.CC.CN1CCN(C2=CC=CCC=C2)CC1.CN1CCc2ccccc2C1.CNCCc1ccccc1. The second kappa shape index (κ2) is 22.2. The molecule has 1 fully saturated rings. The Hall–Kier alpha value is -2.66. The van der Waals surface area contributed by atoms with Gasteiger partial charge in [-0.1, -0.05) is 101 Å². The number of piperazine rings is 1. The second-order valence-electron chi connectivity index (χ2n) is 9.54. The van der Waals surface area contributed by atoms with Crippen LogP contribution in [-0.4, -0.2) is 75.1 Å². The first-order valence-electron chi connectivity index (χ1n) is 15.1. The van der Waals surface area contributed by atoms with Crippen LogP contribution in [0.2, 0.25) is 0 Å². The van der Waals surface area contributed by atoms with Crippen molar-refractivity contribution < 1.29 is 0 Å². The van der Waals surface area contributed by atoms with Gasteiger partial charge in [-0.05, 0) is 75.8 Å². The number of hydrogen-bond acceptors (Lipinski definition) is 4. The summed E-state index contributed by atoms with van der Waals surface area (Å²) in [5.41, 5.74) is 5.80. The zero-order valence-corrected chi connectivity index (χ0v) is 26.0. The van der Waals surface area contributed by atoms with Crippen molar-refractivity contribution in [3.8, 4) is 0 Å². The molecule has 2 aliphatic heterocycles. The van der Waals surface area contributed by atoms with Crippen LogP contribution >= 0.6 is 0 Å². The van der Waals surface area contributed by atoms with Gasteiger partial charge in [-0.15, -0.1) is 0 Å². The van der Waals surface area contributed by atoms with E-state index in [2.05, 4.69) is 113 Å². The summed E-state index contributed by atoms with van der Waals surface area (Å²) in [4.78, 5) is 7.21. The van der Waals surface area contributed by atoms with E-state index >= 15 is 0 Å². The minimum Gasteiger partial charge on any atom is -0.369 e. The van der Waals surface area contributed by atoms with E-state index < -0.39 is 0 Å². The molecule has 0 radical (unpaired) electrons. The lowest BCUT2D eigenvalue weighted by atomic mass is 10.0. The number of likely N-dealkylation sites (N-methyl/N-ethyl adjacent to an activating group) is 3. The van der Waals surface area contributed by atoms with Gasteiger partial charge in [-0.25, -0.2) is 0 Å². The van der Waals surface area contributed by atoms with Crippen molar-refractivity contribution >= 4 is 0 Å². The molecule has 2 aromatic carbocycles. The van der Waals surface area contributed by atoms with Crippen LogP contribution in [-0.2, 0) is 19.4 Å². The third kappa shape index (κ3) is 14.3. The Morgan fingerprint density at radius 3 is 2.03 bits per heavy atom. The van der Waals surface area contributed by atoms with Crippen molar-refractivity contribution in [2.75, 3.05) is 60.4 Å². The number of nitrogens with zero attached hydrogens (tertiary/aromatic N) is 3. The standard InChI is InChI=1S/C12H18N2.C10H13N.C9H13N.2C2H6/c1-13-8-10-14(11-9-13)12-6-4-2-3-5-7-12;1-11-7-6-9-4-2-3-5-10(9)8-11;1-10-8-7-9-5-3-2-4-6-9;2*1-2/h2,4-7H,3,8-11H2,1H3;2-5H,6-8H2,1H3;2-6,10H,7-8H2,1H3;2*1-2H3. The van der Waals surface area contributed by atoms with Crippen molar-refractivity contribution in [2.24, 2.45) is 0 Å². The van der Waals surface area contributed by atoms with Gasteiger partial charge >= 0.3 is 0 Å². The van der Waals surface area contributed by atoms with Crippen LogP contribution in [0.5, 0.6) is 0 Å². The number of benzene rings is 2. The molecule has 0 aromatic heterocycles. The molecule has 216 valence electrons. The van der Waals surface area contributed by atoms with Gasteiger partial charge < -0.3 is 20.0 Å². The molecule has 39 heavy (non-hydrogen) atoms. The van der Waals surface area contributed by atoms with E-state index in [-0.39, 0.29) is 0 Å². The van der Waals surface area contributed by atoms with Gasteiger partial charge in [0, 0.05) is 45.0 Å². The van der Waals surface area contributed by atoms with Crippen LogP contribution in [0.4, 0.5) is 0 Å². The molecule has 1 aliphatic carbocycles. The number of nitrogens with one attached hydrogen (secondary N) is 1. The second-order valence-corrected chi connectivity index (χ2v) is 9.54. The summed E-state index contributed by atoms with van der Waals surface area (Å²) in [6, 6.07) is 19.2. The fraction of sp³-hybridized carbons (Fsp3) is 0.486. The maximum Gasteiger partial charge on any atom is 0.0363 e. The van der Waals surface area contributed by atoms with Crippen molar-refractivity contribution in [3.63, 3.8) is 0 Å². The molecule has 0 spiro atoms. The molecule has 0 atom stereocenters. The fourth-order valence-electron chi connectivity index (χ4n) is 4.39. The highest BCUT2D eigenvalue weighted by Gasteiger charge is 2.14. The Morgan fingerprint density at radius 2 is 1.36 bits per heavy atom. The highest BCUT2D eigenvalue weighted by molar-refractivity contribution is 5.29. The first-order chi connectivity index (χ1) is 19.2. The van der Waals surface area contributed by atoms with E-state index in [1.807, 2.05) is 40.8 Å². The van der Waals surface area contributed by atoms with Gasteiger partial charge in [0.25, 0.3) is 0 Å². The third-order valence-corrected chi connectivity index (χ3v) is 6.66. The van der Waals surface area contributed by atoms with Gasteiger partial charge in [0.2, 0.25) is 0 Å². The normalized spacial score (nSPS) is 16.3. The fourth-order valence-corrected chi connectivity index (χ4v) is 4.39. The van der Waals surface area contributed by atoms with E-state index in [1.165, 1.54) is 48.4 Å². The molecule has 4 heteroatoms. The van der Waals surface area contributed by atoms with Gasteiger partial charge in [-0.3, -0.25) is 0 Å². The van der Waals surface area contributed by atoms with E-state index in [0.717, 1.165) is 39.0 Å². The smallest absolute Gasteiger partial charge is 0.0363 e. The van der Waals surface area contributed by atoms with E-state index in [1.54, 1.807) is 0 Å². The Bertz CT molecular complexity index is 940. The first-order valence-corrected chi connectivity index (χ1v) is 15.1. The molecule has 3 aliphatic rings. The number of rotatable bonds is 4. The van der Waals surface area contributed by atoms with Crippen molar-refractivity contribution in [1.82, 2.24) is 20.0 Å². The Morgan fingerprint density at radius 1 is 0.718 bits per heavy atom. The summed E-state index contributed by atoms with van der Waals surface area (Å²) in [5, 5.41) is 3.12. The van der Waals surface area contributed by atoms with E-state index in [4.69, 9.17) is 0 Å². The summed E-state index contributed by atoms with van der Waals surface area (Å²) in [7, 11) is 6.34. The average Bonchev–Trinajstić information content (AvgIpc) is 3.30. The topological polar surface area (TPSA) is 21.8 Å². The summed E-state index contributed by atoms with van der Waals surface area (Å²) in [5.74, 6) is 0.